The largest absolute Gasteiger partial charge is 0.395 e. The Morgan fingerprint density at radius 1 is 1.33 bits per heavy atom. The van der Waals surface area contributed by atoms with Gasteiger partial charge in [0, 0.05) is 25.2 Å². The topological polar surface area (TPSA) is 35.5 Å². The number of nitrogens with one attached hydrogen (secondary N) is 1. The quantitative estimate of drug-likeness (QED) is 0.656. The zero-order chi connectivity index (χ0) is 10.7. The molecule has 0 bridgehead atoms. The average molecular weight is 212 g/mol. The Balaban J connectivity index is 1.62. The predicted octanol–water partition coefficient (Wildman–Crippen LogP) is 0.831. The second-order valence-corrected chi connectivity index (χ2v) is 5.34. The second kappa shape index (κ2) is 5.28. The van der Waals surface area contributed by atoms with Crippen molar-refractivity contribution >= 4 is 0 Å². The van der Waals surface area contributed by atoms with Gasteiger partial charge in [-0.1, -0.05) is 6.42 Å². The highest BCUT2D eigenvalue weighted by Gasteiger charge is 2.25. The van der Waals surface area contributed by atoms with Crippen LogP contribution >= 0.6 is 0 Å². The molecule has 3 heteroatoms. The van der Waals surface area contributed by atoms with Gasteiger partial charge in [0.25, 0.3) is 0 Å². The molecule has 2 aliphatic carbocycles. The summed E-state index contributed by atoms with van der Waals surface area (Å²) in [5, 5.41) is 12.8. The van der Waals surface area contributed by atoms with Crippen LogP contribution in [0.2, 0.25) is 0 Å². The normalized spacial score (nSPS) is 24.2. The lowest BCUT2D eigenvalue weighted by Gasteiger charge is -2.32. The summed E-state index contributed by atoms with van der Waals surface area (Å²) in [5.74, 6) is 0.926. The lowest BCUT2D eigenvalue weighted by molar-refractivity contribution is 0.161. The summed E-state index contributed by atoms with van der Waals surface area (Å²) >= 11 is 0. The van der Waals surface area contributed by atoms with Crippen LogP contribution in [0.3, 0.4) is 0 Å². The van der Waals surface area contributed by atoms with Crippen LogP contribution in [0.15, 0.2) is 0 Å². The van der Waals surface area contributed by atoms with E-state index < -0.39 is 0 Å². The fourth-order valence-corrected chi connectivity index (χ4v) is 2.31. The van der Waals surface area contributed by atoms with Crippen molar-refractivity contribution in [3.63, 3.8) is 0 Å². The number of nitrogens with zero attached hydrogens (tertiary/aromatic N) is 1. The third kappa shape index (κ3) is 3.74. The van der Waals surface area contributed by atoms with E-state index >= 15 is 0 Å². The Morgan fingerprint density at radius 3 is 2.53 bits per heavy atom. The highest BCUT2D eigenvalue weighted by Crippen LogP contribution is 2.26. The number of hydrogen-bond donors (Lipinski definition) is 2. The molecule has 2 rings (SSSR count). The van der Waals surface area contributed by atoms with E-state index in [2.05, 4.69) is 17.3 Å². The molecule has 0 radical (unpaired) electrons. The summed E-state index contributed by atoms with van der Waals surface area (Å²) in [4.78, 5) is 2.38. The average Bonchev–Trinajstić information content (AvgIpc) is 2.94. The molecule has 88 valence electrons. The molecule has 0 aromatic heterocycles. The maximum Gasteiger partial charge on any atom is 0.0597 e. The minimum absolute atomic E-state index is 0.269. The SMILES string of the molecule is CN(CC1CCC1)CC(CO)NC1CC1. The lowest BCUT2D eigenvalue weighted by Crippen LogP contribution is -2.44. The first-order valence-electron chi connectivity index (χ1n) is 6.33. The Kier molecular flexibility index (Phi) is 4.00. The highest BCUT2D eigenvalue weighted by molar-refractivity contribution is 4.86. The molecule has 3 nitrogen and oxygen atoms in total. The Morgan fingerprint density at radius 2 is 2.07 bits per heavy atom. The fourth-order valence-electron chi connectivity index (χ4n) is 2.31. The predicted molar refractivity (Wildman–Crippen MR) is 61.9 cm³/mol. The van der Waals surface area contributed by atoms with Gasteiger partial charge in [-0.15, -0.1) is 0 Å². The molecule has 0 heterocycles. The maximum atomic E-state index is 9.27. The van der Waals surface area contributed by atoms with Crippen molar-refractivity contribution in [1.82, 2.24) is 10.2 Å². The Hall–Kier alpha value is -0.120. The molecule has 2 N–H and O–H groups in total. The van der Waals surface area contributed by atoms with Crippen LogP contribution in [0.5, 0.6) is 0 Å². The molecule has 0 spiro atoms. The fraction of sp³-hybridized carbons (Fsp3) is 1.00. The molecule has 0 aliphatic heterocycles. The number of rotatable bonds is 7. The van der Waals surface area contributed by atoms with Gasteiger partial charge in [-0.3, -0.25) is 0 Å². The van der Waals surface area contributed by atoms with E-state index in [1.54, 1.807) is 0 Å². The molecule has 15 heavy (non-hydrogen) atoms. The molecule has 1 atom stereocenters. The van der Waals surface area contributed by atoms with Gasteiger partial charge in [-0.05, 0) is 38.6 Å². The second-order valence-electron chi connectivity index (χ2n) is 5.34. The van der Waals surface area contributed by atoms with Crippen molar-refractivity contribution in [2.45, 2.75) is 44.2 Å². The summed E-state index contributed by atoms with van der Waals surface area (Å²) in [5.41, 5.74) is 0. The first-order chi connectivity index (χ1) is 7.28. The van der Waals surface area contributed by atoms with Gasteiger partial charge in [0.2, 0.25) is 0 Å². The zero-order valence-corrected chi connectivity index (χ0v) is 9.78. The molecule has 0 aromatic rings. The number of aliphatic hydroxyl groups is 1. The monoisotopic (exact) mass is 212 g/mol. The number of hydrogen-bond acceptors (Lipinski definition) is 3. The summed E-state index contributed by atoms with van der Waals surface area (Å²) in [7, 11) is 2.18. The molecule has 0 saturated heterocycles. The maximum absolute atomic E-state index is 9.27. The van der Waals surface area contributed by atoms with Crippen molar-refractivity contribution in [2.24, 2.45) is 5.92 Å². The van der Waals surface area contributed by atoms with E-state index in [1.165, 1.54) is 38.6 Å². The molecule has 2 fully saturated rings. The van der Waals surface area contributed by atoms with E-state index in [-0.39, 0.29) is 12.6 Å². The minimum atomic E-state index is 0.269. The Labute approximate surface area is 92.8 Å². The van der Waals surface area contributed by atoms with Crippen LogP contribution < -0.4 is 5.32 Å². The van der Waals surface area contributed by atoms with Crippen molar-refractivity contribution in [3.8, 4) is 0 Å². The van der Waals surface area contributed by atoms with Gasteiger partial charge in [-0.2, -0.15) is 0 Å². The van der Waals surface area contributed by atoms with E-state index in [1.807, 2.05) is 0 Å². The van der Waals surface area contributed by atoms with Crippen LogP contribution in [-0.4, -0.2) is 48.8 Å². The molecule has 1 unspecified atom stereocenters. The summed E-state index contributed by atoms with van der Waals surface area (Å²) in [6.45, 7) is 2.47. The Bertz CT molecular complexity index is 190. The summed E-state index contributed by atoms with van der Waals surface area (Å²) in [6.07, 6.45) is 6.82. The third-order valence-corrected chi connectivity index (χ3v) is 3.60. The lowest BCUT2D eigenvalue weighted by atomic mass is 9.85. The third-order valence-electron chi connectivity index (χ3n) is 3.60. The summed E-state index contributed by atoms with van der Waals surface area (Å²) in [6, 6.07) is 0.974. The van der Waals surface area contributed by atoms with Crippen LogP contribution in [-0.2, 0) is 0 Å². The number of aliphatic hydroxyl groups excluding tert-OH is 1. The molecular weight excluding hydrogens is 188 g/mol. The molecule has 0 amide bonds. The van der Waals surface area contributed by atoms with E-state index in [0.29, 0.717) is 6.04 Å². The first-order valence-corrected chi connectivity index (χ1v) is 6.33. The molecule has 2 saturated carbocycles. The van der Waals surface area contributed by atoms with Crippen LogP contribution in [0.1, 0.15) is 32.1 Å². The molecular formula is C12H24N2O. The van der Waals surface area contributed by atoms with Crippen LogP contribution in [0.25, 0.3) is 0 Å². The zero-order valence-electron chi connectivity index (χ0n) is 9.78. The van der Waals surface area contributed by atoms with Gasteiger partial charge >= 0.3 is 0 Å². The standard InChI is InChI=1S/C12H24N2O/c1-14(7-10-3-2-4-10)8-12(9-15)13-11-5-6-11/h10-13,15H,2-9H2,1H3. The van der Waals surface area contributed by atoms with Crippen molar-refractivity contribution in [2.75, 3.05) is 26.7 Å². The van der Waals surface area contributed by atoms with Crippen LogP contribution in [0.4, 0.5) is 0 Å². The molecule has 2 aliphatic rings. The van der Waals surface area contributed by atoms with Gasteiger partial charge in [0.1, 0.15) is 0 Å². The molecule has 0 aromatic carbocycles. The van der Waals surface area contributed by atoms with E-state index in [4.69, 9.17) is 0 Å². The summed E-state index contributed by atoms with van der Waals surface area (Å²) < 4.78 is 0. The van der Waals surface area contributed by atoms with Crippen molar-refractivity contribution in [3.05, 3.63) is 0 Å². The van der Waals surface area contributed by atoms with Gasteiger partial charge in [0.05, 0.1) is 6.61 Å². The van der Waals surface area contributed by atoms with E-state index in [0.717, 1.165) is 12.5 Å². The minimum Gasteiger partial charge on any atom is -0.395 e. The van der Waals surface area contributed by atoms with Gasteiger partial charge in [-0.25, -0.2) is 0 Å². The van der Waals surface area contributed by atoms with Gasteiger partial charge < -0.3 is 15.3 Å². The van der Waals surface area contributed by atoms with Crippen molar-refractivity contribution < 1.29 is 5.11 Å². The van der Waals surface area contributed by atoms with Crippen molar-refractivity contribution in [1.29, 1.82) is 0 Å². The van der Waals surface area contributed by atoms with Gasteiger partial charge in [0.15, 0.2) is 0 Å². The smallest absolute Gasteiger partial charge is 0.0597 e. The number of likely N-dealkylation sites (N-methyl/N-ethyl adjacent to an activating group) is 1. The van der Waals surface area contributed by atoms with Crippen LogP contribution in [0, 0.1) is 5.92 Å². The van der Waals surface area contributed by atoms with E-state index in [9.17, 15) is 5.11 Å². The first kappa shape index (κ1) is 11.4. The highest BCUT2D eigenvalue weighted by atomic mass is 16.3.